The first kappa shape index (κ1) is 10.8. The fourth-order valence-electron chi connectivity index (χ4n) is 1.31. The zero-order chi connectivity index (χ0) is 10.4. The molecule has 0 heterocycles. The van der Waals surface area contributed by atoms with Crippen LogP contribution < -0.4 is 4.65 Å². The van der Waals surface area contributed by atoms with E-state index in [4.69, 9.17) is 4.65 Å². The molecule has 0 saturated heterocycles. The molecule has 0 aliphatic carbocycles. The lowest BCUT2D eigenvalue weighted by Crippen LogP contribution is -2.18. The molecule has 2 nitrogen and oxygen atoms in total. The summed E-state index contributed by atoms with van der Waals surface area (Å²) in [7, 11) is 0. The van der Waals surface area contributed by atoms with Crippen molar-refractivity contribution in [1.29, 1.82) is 0 Å². The Morgan fingerprint density at radius 3 is 2.64 bits per heavy atom. The molecule has 0 N–H and O–H groups in total. The van der Waals surface area contributed by atoms with Gasteiger partial charge in [-0.1, -0.05) is 26.0 Å². The monoisotopic (exact) mass is 190 g/mol. The Kier molecular flexibility index (Phi) is 4.24. The van der Waals surface area contributed by atoms with Gasteiger partial charge in [-0.25, -0.2) is 0 Å². The number of rotatable bonds is 5. The maximum Gasteiger partial charge on any atom is 0.357 e. The number of aldehydes is 1. The predicted octanol–water partition coefficient (Wildman–Crippen LogP) is 2.91. The van der Waals surface area contributed by atoms with Crippen LogP contribution in [0, 0.1) is 0 Å². The summed E-state index contributed by atoms with van der Waals surface area (Å²) in [4.78, 5) is 10.5. The number of hydrogen-bond donors (Lipinski definition) is 0. The number of benzene rings is 1. The van der Waals surface area contributed by atoms with Crippen molar-refractivity contribution in [3.8, 4) is 5.75 Å². The van der Waals surface area contributed by atoms with Crippen LogP contribution in [0.5, 0.6) is 5.75 Å². The molecule has 0 unspecified atom stereocenters. The summed E-state index contributed by atoms with van der Waals surface area (Å²) in [5.74, 6) is 0.781. The first-order valence-corrected chi connectivity index (χ1v) is 5.02. The Hall–Kier alpha value is -1.25. The molecule has 1 aromatic rings. The molecule has 3 heteroatoms. The van der Waals surface area contributed by atoms with E-state index in [9.17, 15) is 4.79 Å². The van der Waals surface area contributed by atoms with Crippen LogP contribution in [0.1, 0.15) is 24.2 Å². The van der Waals surface area contributed by atoms with Gasteiger partial charge in [-0.3, -0.25) is 4.79 Å². The number of hydrogen-bond acceptors (Lipinski definition) is 2. The van der Waals surface area contributed by atoms with E-state index < -0.39 is 0 Å². The first-order chi connectivity index (χ1) is 6.80. The minimum Gasteiger partial charge on any atom is -0.561 e. The molecule has 0 aliphatic heterocycles. The van der Waals surface area contributed by atoms with Gasteiger partial charge >= 0.3 is 6.92 Å². The molecule has 0 spiro atoms. The number of carbonyl (C=O) groups excluding carboxylic acids is 1. The average Bonchev–Trinajstić information content (AvgIpc) is 2.26. The second-order valence-electron chi connectivity index (χ2n) is 3.25. The van der Waals surface area contributed by atoms with Crippen LogP contribution in [0.25, 0.3) is 0 Å². The molecule has 0 fully saturated rings. The normalized spacial score (nSPS) is 9.57. The quantitative estimate of drug-likeness (QED) is 0.527. The molecule has 74 valence electrons. The first-order valence-electron chi connectivity index (χ1n) is 5.02. The number of carbonyl (C=O) groups is 1. The van der Waals surface area contributed by atoms with Gasteiger partial charge in [0.1, 0.15) is 6.29 Å². The van der Waals surface area contributed by atoms with E-state index in [1.807, 2.05) is 12.1 Å². The molecule has 0 atom stereocenters. The van der Waals surface area contributed by atoms with Crippen molar-refractivity contribution in [2.45, 2.75) is 26.5 Å². The summed E-state index contributed by atoms with van der Waals surface area (Å²) >= 11 is 0. The molecule has 0 saturated carbocycles. The van der Waals surface area contributed by atoms with Crippen molar-refractivity contribution in [2.75, 3.05) is 0 Å². The van der Waals surface area contributed by atoms with Crippen LogP contribution in [0.15, 0.2) is 24.3 Å². The zero-order valence-corrected chi connectivity index (χ0v) is 8.69. The summed E-state index contributed by atoms with van der Waals surface area (Å²) in [6.07, 6.45) is 2.81. The molecule has 0 aliphatic rings. The van der Waals surface area contributed by atoms with Gasteiger partial charge < -0.3 is 4.65 Å². The lowest BCUT2D eigenvalue weighted by atomic mass is 9.62. The molecule has 0 bridgehead atoms. The zero-order valence-electron chi connectivity index (χ0n) is 8.69. The summed E-state index contributed by atoms with van der Waals surface area (Å²) < 4.78 is 5.70. The van der Waals surface area contributed by atoms with E-state index in [2.05, 4.69) is 13.8 Å². The Balaban J connectivity index is 2.70. The third-order valence-electron chi connectivity index (χ3n) is 2.21. The average molecular weight is 190 g/mol. The molecule has 1 rings (SSSR count). The second kappa shape index (κ2) is 5.48. The minimum atomic E-state index is 0.247. The van der Waals surface area contributed by atoms with Gasteiger partial charge in [0.25, 0.3) is 0 Å². The minimum absolute atomic E-state index is 0.247. The van der Waals surface area contributed by atoms with E-state index in [1.54, 1.807) is 12.1 Å². The van der Waals surface area contributed by atoms with Crippen molar-refractivity contribution < 1.29 is 9.45 Å². The van der Waals surface area contributed by atoms with E-state index in [0.29, 0.717) is 5.56 Å². The standard InChI is InChI=1S/C11H15BO2/c1-3-12(4-2)14-11-7-5-6-10(8-11)9-13/h5-9H,3-4H2,1-2H3. The summed E-state index contributed by atoms with van der Waals surface area (Å²) in [5, 5.41) is 0. The molecule has 1 aromatic carbocycles. The van der Waals surface area contributed by atoms with E-state index in [1.165, 1.54) is 0 Å². The van der Waals surface area contributed by atoms with Gasteiger partial charge in [0.15, 0.2) is 0 Å². The molecular formula is C11H15BO2. The lowest BCUT2D eigenvalue weighted by Gasteiger charge is -2.12. The van der Waals surface area contributed by atoms with Crippen LogP contribution in [0.3, 0.4) is 0 Å². The van der Waals surface area contributed by atoms with Crippen LogP contribution in [0.4, 0.5) is 0 Å². The highest BCUT2D eigenvalue weighted by atomic mass is 16.4. The van der Waals surface area contributed by atoms with Crippen LogP contribution >= 0.6 is 0 Å². The fraction of sp³-hybridized carbons (Fsp3) is 0.364. The molecule has 0 aromatic heterocycles. The second-order valence-corrected chi connectivity index (χ2v) is 3.25. The van der Waals surface area contributed by atoms with Crippen LogP contribution in [0.2, 0.25) is 12.6 Å². The molecule has 14 heavy (non-hydrogen) atoms. The third-order valence-corrected chi connectivity index (χ3v) is 2.21. The smallest absolute Gasteiger partial charge is 0.357 e. The van der Waals surface area contributed by atoms with Gasteiger partial charge in [0.2, 0.25) is 0 Å². The highest BCUT2D eigenvalue weighted by Crippen LogP contribution is 2.15. The predicted molar refractivity (Wildman–Crippen MR) is 59.2 cm³/mol. The maximum atomic E-state index is 10.5. The highest BCUT2D eigenvalue weighted by Gasteiger charge is 2.11. The Morgan fingerprint density at radius 1 is 1.36 bits per heavy atom. The fourth-order valence-corrected chi connectivity index (χ4v) is 1.31. The Bertz CT molecular complexity index is 295. The van der Waals surface area contributed by atoms with Crippen molar-refractivity contribution in [3.05, 3.63) is 29.8 Å². The summed E-state index contributed by atoms with van der Waals surface area (Å²) in [6, 6.07) is 7.25. The molecule has 0 amide bonds. The van der Waals surface area contributed by atoms with E-state index in [-0.39, 0.29) is 6.92 Å². The highest BCUT2D eigenvalue weighted by molar-refractivity contribution is 6.52. The summed E-state index contributed by atoms with van der Waals surface area (Å²) in [5.41, 5.74) is 0.661. The van der Waals surface area contributed by atoms with Crippen molar-refractivity contribution in [2.24, 2.45) is 0 Å². The van der Waals surface area contributed by atoms with Gasteiger partial charge in [0.05, 0.1) is 5.75 Å². The van der Waals surface area contributed by atoms with Crippen molar-refractivity contribution >= 4 is 13.2 Å². The topological polar surface area (TPSA) is 26.3 Å². The SMILES string of the molecule is CCB(CC)Oc1cccc(C=O)c1. The van der Waals surface area contributed by atoms with E-state index in [0.717, 1.165) is 24.7 Å². The maximum absolute atomic E-state index is 10.5. The molecule has 0 radical (unpaired) electrons. The summed E-state index contributed by atoms with van der Waals surface area (Å²) in [6.45, 7) is 4.44. The Labute approximate surface area is 85.4 Å². The van der Waals surface area contributed by atoms with Crippen LogP contribution in [-0.4, -0.2) is 13.2 Å². The van der Waals surface area contributed by atoms with Gasteiger partial charge in [0, 0.05) is 5.56 Å². The van der Waals surface area contributed by atoms with Gasteiger partial charge in [-0.15, -0.1) is 0 Å². The van der Waals surface area contributed by atoms with E-state index >= 15 is 0 Å². The van der Waals surface area contributed by atoms with Crippen molar-refractivity contribution in [3.63, 3.8) is 0 Å². The van der Waals surface area contributed by atoms with Crippen molar-refractivity contribution in [1.82, 2.24) is 0 Å². The van der Waals surface area contributed by atoms with Crippen LogP contribution in [-0.2, 0) is 0 Å². The van der Waals surface area contributed by atoms with Gasteiger partial charge in [-0.2, -0.15) is 0 Å². The third kappa shape index (κ3) is 2.91. The Morgan fingerprint density at radius 2 is 2.07 bits per heavy atom. The van der Waals surface area contributed by atoms with Gasteiger partial charge in [-0.05, 0) is 24.8 Å². The largest absolute Gasteiger partial charge is 0.561 e. The lowest BCUT2D eigenvalue weighted by molar-refractivity contribution is 0.112. The molecular weight excluding hydrogens is 175 g/mol.